The highest BCUT2D eigenvalue weighted by atomic mass is 79.9. The summed E-state index contributed by atoms with van der Waals surface area (Å²) < 4.78 is 8.23. The van der Waals surface area contributed by atoms with Crippen LogP contribution in [0.2, 0.25) is 0 Å². The first-order valence-electron chi connectivity index (χ1n) is 6.62. The summed E-state index contributed by atoms with van der Waals surface area (Å²) in [4.78, 5) is 4.69. The van der Waals surface area contributed by atoms with Gasteiger partial charge in [-0.25, -0.2) is 4.98 Å². The maximum absolute atomic E-state index is 6.27. The van der Waals surface area contributed by atoms with Crippen molar-refractivity contribution in [3.05, 3.63) is 28.5 Å². The van der Waals surface area contributed by atoms with Gasteiger partial charge in [0.2, 0.25) is 0 Å². The Morgan fingerprint density at radius 1 is 1.48 bits per heavy atom. The van der Waals surface area contributed by atoms with E-state index in [1.165, 1.54) is 0 Å². The molecule has 0 atom stereocenters. The van der Waals surface area contributed by atoms with Crippen LogP contribution in [0.25, 0.3) is 11.3 Å². The van der Waals surface area contributed by atoms with Gasteiger partial charge in [0.1, 0.15) is 23.1 Å². The van der Waals surface area contributed by atoms with Crippen LogP contribution >= 0.6 is 15.9 Å². The predicted octanol–water partition coefficient (Wildman–Crippen LogP) is 3.66. The molecule has 0 aliphatic rings. The minimum absolute atomic E-state index is 0.229. The fourth-order valence-electron chi connectivity index (χ4n) is 2.25. The summed E-state index contributed by atoms with van der Waals surface area (Å²) in [6, 6.07) is 5.75. The Bertz CT molecular complexity index is 698. The van der Waals surface area contributed by atoms with Crippen LogP contribution in [0, 0.1) is 12.3 Å². The highest BCUT2D eigenvalue weighted by Gasteiger charge is 2.20. The third kappa shape index (κ3) is 2.91. The number of imidazole rings is 1. The number of halogens is 1. The molecule has 0 aliphatic heterocycles. The highest BCUT2D eigenvalue weighted by molar-refractivity contribution is 9.10. The van der Waals surface area contributed by atoms with Gasteiger partial charge >= 0.3 is 0 Å². The number of aromatic nitrogens is 2. The third-order valence-electron chi connectivity index (χ3n) is 3.22. The van der Waals surface area contributed by atoms with Crippen LogP contribution in [0.5, 0.6) is 5.75 Å². The Hall–Kier alpha value is -1.93. The van der Waals surface area contributed by atoms with Crippen molar-refractivity contribution in [1.82, 2.24) is 9.55 Å². The summed E-state index contributed by atoms with van der Waals surface area (Å²) in [5.41, 5.74) is 7.82. The maximum Gasteiger partial charge on any atom is 0.132 e. The number of hydrogen-bond acceptors (Lipinski definition) is 3. The van der Waals surface area contributed by atoms with Crippen LogP contribution in [-0.2, 0) is 6.54 Å². The molecule has 110 valence electrons. The van der Waals surface area contributed by atoms with E-state index in [-0.39, 0.29) is 5.92 Å². The molecule has 0 spiro atoms. The molecule has 0 saturated heterocycles. The second-order valence-electron chi connectivity index (χ2n) is 4.99. The molecule has 0 aliphatic carbocycles. The number of terminal acetylenes is 1. The number of hydrogen-bond donors (Lipinski definition) is 1. The van der Waals surface area contributed by atoms with Gasteiger partial charge in [0.15, 0.2) is 0 Å². The Morgan fingerprint density at radius 2 is 2.19 bits per heavy atom. The fourth-order valence-corrected chi connectivity index (χ4v) is 2.61. The summed E-state index contributed by atoms with van der Waals surface area (Å²) in [6.45, 7) is 4.54. The second kappa shape index (κ2) is 6.23. The van der Waals surface area contributed by atoms with Crippen LogP contribution in [-0.4, -0.2) is 16.7 Å². The average molecular weight is 348 g/mol. The van der Waals surface area contributed by atoms with E-state index in [1.807, 2.05) is 22.8 Å². The smallest absolute Gasteiger partial charge is 0.132 e. The topological polar surface area (TPSA) is 53.1 Å². The number of nitrogens with two attached hydrogens (primary N) is 1. The van der Waals surface area contributed by atoms with Crippen LogP contribution in [0.1, 0.15) is 25.6 Å². The molecule has 1 aromatic carbocycles. The SMILES string of the molecule is C#CCn1c(C(C)C)nc(-c2cc(Br)ccc2OC)c1N. The Morgan fingerprint density at radius 3 is 2.76 bits per heavy atom. The van der Waals surface area contributed by atoms with Gasteiger partial charge in [0, 0.05) is 16.0 Å². The zero-order valence-electron chi connectivity index (χ0n) is 12.4. The first-order chi connectivity index (χ1) is 9.99. The minimum Gasteiger partial charge on any atom is -0.496 e. The van der Waals surface area contributed by atoms with E-state index in [0.29, 0.717) is 18.1 Å². The first kappa shape index (κ1) is 15.5. The monoisotopic (exact) mass is 347 g/mol. The van der Waals surface area contributed by atoms with E-state index in [4.69, 9.17) is 16.9 Å². The normalized spacial score (nSPS) is 10.7. The lowest BCUT2D eigenvalue weighted by Gasteiger charge is -2.09. The number of nitrogen functional groups attached to an aromatic ring is 1. The van der Waals surface area contributed by atoms with Gasteiger partial charge < -0.3 is 15.0 Å². The molecule has 0 saturated carbocycles. The number of anilines is 1. The minimum atomic E-state index is 0.229. The lowest BCUT2D eigenvalue weighted by Crippen LogP contribution is -2.07. The van der Waals surface area contributed by atoms with Crippen molar-refractivity contribution in [2.24, 2.45) is 0 Å². The molecule has 2 aromatic rings. The van der Waals surface area contributed by atoms with E-state index < -0.39 is 0 Å². The summed E-state index contributed by atoms with van der Waals surface area (Å²) in [5.74, 6) is 5.02. The van der Waals surface area contributed by atoms with Gasteiger partial charge in [-0.2, -0.15) is 0 Å². The lowest BCUT2D eigenvalue weighted by molar-refractivity contribution is 0.416. The quantitative estimate of drug-likeness (QED) is 0.858. The number of benzene rings is 1. The molecule has 0 amide bonds. The van der Waals surface area contributed by atoms with E-state index in [2.05, 4.69) is 40.7 Å². The summed E-state index contributed by atoms with van der Waals surface area (Å²) >= 11 is 3.47. The molecule has 0 bridgehead atoms. The van der Waals surface area contributed by atoms with Crippen LogP contribution in [0.15, 0.2) is 22.7 Å². The van der Waals surface area contributed by atoms with Crippen molar-refractivity contribution in [3.8, 4) is 29.4 Å². The molecule has 5 heteroatoms. The second-order valence-corrected chi connectivity index (χ2v) is 5.91. The average Bonchev–Trinajstić information content (AvgIpc) is 2.77. The molecular weight excluding hydrogens is 330 g/mol. The molecule has 4 nitrogen and oxygen atoms in total. The number of rotatable bonds is 4. The molecular formula is C16H18BrN3O. The van der Waals surface area contributed by atoms with Crippen LogP contribution < -0.4 is 10.5 Å². The molecule has 2 rings (SSSR count). The van der Waals surface area contributed by atoms with Gasteiger partial charge in [-0.1, -0.05) is 35.7 Å². The summed E-state index contributed by atoms with van der Waals surface area (Å²) in [6.07, 6.45) is 5.44. The Kier molecular flexibility index (Phi) is 4.59. The number of nitrogens with zero attached hydrogens (tertiary/aromatic N) is 2. The fraction of sp³-hybridized carbons (Fsp3) is 0.312. The zero-order valence-corrected chi connectivity index (χ0v) is 13.9. The van der Waals surface area contributed by atoms with E-state index >= 15 is 0 Å². The zero-order chi connectivity index (χ0) is 15.6. The number of ether oxygens (including phenoxy) is 1. The molecule has 0 radical (unpaired) electrons. The first-order valence-corrected chi connectivity index (χ1v) is 7.42. The third-order valence-corrected chi connectivity index (χ3v) is 3.71. The standard InChI is InChI=1S/C16H18BrN3O/c1-5-8-20-15(18)14(19-16(20)10(2)3)12-9-11(17)6-7-13(12)21-4/h1,6-7,9-10H,8,18H2,2-4H3. The van der Waals surface area contributed by atoms with Crippen molar-refractivity contribution < 1.29 is 4.74 Å². The van der Waals surface area contributed by atoms with E-state index in [9.17, 15) is 0 Å². The van der Waals surface area contributed by atoms with E-state index in [0.717, 1.165) is 21.6 Å². The van der Waals surface area contributed by atoms with Gasteiger partial charge in [-0.15, -0.1) is 6.42 Å². The van der Waals surface area contributed by atoms with Crippen molar-refractivity contribution in [1.29, 1.82) is 0 Å². The van der Waals surface area contributed by atoms with E-state index in [1.54, 1.807) is 7.11 Å². The summed E-state index contributed by atoms with van der Waals surface area (Å²) in [7, 11) is 1.63. The summed E-state index contributed by atoms with van der Waals surface area (Å²) in [5, 5.41) is 0. The molecule has 2 N–H and O–H groups in total. The molecule has 0 fully saturated rings. The lowest BCUT2D eigenvalue weighted by atomic mass is 10.1. The molecule has 21 heavy (non-hydrogen) atoms. The Balaban J connectivity index is 2.68. The predicted molar refractivity (Wildman–Crippen MR) is 89.2 cm³/mol. The molecule has 0 unspecified atom stereocenters. The van der Waals surface area contributed by atoms with Gasteiger partial charge in [-0.05, 0) is 18.2 Å². The highest BCUT2D eigenvalue weighted by Crippen LogP contribution is 2.36. The van der Waals surface area contributed by atoms with Crippen molar-refractivity contribution in [2.75, 3.05) is 12.8 Å². The maximum atomic E-state index is 6.27. The molecule has 1 heterocycles. The largest absolute Gasteiger partial charge is 0.496 e. The van der Waals surface area contributed by atoms with Crippen molar-refractivity contribution >= 4 is 21.7 Å². The van der Waals surface area contributed by atoms with Crippen LogP contribution in [0.4, 0.5) is 5.82 Å². The van der Waals surface area contributed by atoms with Gasteiger partial charge in [0.05, 0.1) is 13.7 Å². The van der Waals surface area contributed by atoms with Gasteiger partial charge in [0.25, 0.3) is 0 Å². The van der Waals surface area contributed by atoms with Crippen molar-refractivity contribution in [3.63, 3.8) is 0 Å². The van der Waals surface area contributed by atoms with Crippen LogP contribution in [0.3, 0.4) is 0 Å². The molecule has 1 aromatic heterocycles. The Labute approximate surface area is 133 Å². The number of methoxy groups -OCH3 is 1. The van der Waals surface area contributed by atoms with Gasteiger partial charge in [-0.3, -0.25) is 0 Å². The van der Waals surface area contributed by atoms with Crippen molar-refractivity contribution in [2.45, 2.75) is 26.3 Å².